The molecule has 2 saturated heterocycles. The van der Waals surface area contributed by atoms with Crippen LogP contribution in [-0.2, 0) is 9.53 Å². The highest BCUT2D eigenvalue weighted by molar-refractivity contribution is 5.78. The number of rotatable bonds is 6. The number of hydrogen-bond acceptors (Lipinski definition) is 4. The summed E-state index contributed by atoms with van der Waals surface area (Å²) in [5, 5.41) is 9.05. The smallest absolute Gasteiger partial charge is 0.223 e. The maximum absolute atomic E-state index is 11.6. The van der Waals surface area contributed by atoms with E-state index in [9.17, 15) is 4.79 Å². The predicted octanol–water partition coefficient (Wildman–Crippen LogP) is -0.0604. The van der Waals surface area contributed by atoms with E-state index in [0.717, 1.165) is 58.8 Å². The van der Waals surface area contributed by atoms with E-state index in [0.29, 0.717) is 6.42 Å². The first-order chi connectivity index (χ1) is 8.79. The number of nitrogens with zero attached hydrogens (tertiary/aromatic N) is 2. The van der Waals surface area contributed by atoms with Gasteiger partial charge in [-0.15, -0.1) is 0 Å². The van der Waals surface area contributed by atoms with E-state index in [-0.39, 0.29) is 18.4 Å². The van der Waals surface area contributed by atoms with Crippen LogP contribution < -0.4 is 0 Å². The normalized spacial score (nSPS) is 25.9. The Morgan fingerprint density at radius 1 is 1.22 bits per heavy atom. The van der Waals surface area contributed by atoms with Crippen molar-refractivity contribution in [1.82, 2.24) is 9.80 Å². The lowest BCUT2D eigenvalue weighted by Crippen LogP contribution is -2.37. The molecule has 0 aliphatic carbocycles. The highest BCUT2D eigenvalue weighted by atomic mass is 16.5. The number of carbonyl (C=O) groups is 1. The van der Waals surface area contributed by atoms with E-state index in [2.05, 4.69) is 4.90 Å². The van der Waals surface area contributed by atoms with Gasteiger partial charge in [-0.3, -0.25) is 9.69 Å². The summed E-state index contributed by atoms with van der Waals surface area (Å²) < 4.78 is 5.31. The summed E-state index contributed by atoms with van der Waals surface area (Å²) in [4.78, 5) is 16.0. The number of amides is 1. The van der Waals surface area contributed by atoms with E-state index in [1.54, 1.807) is 0 Å². The zero-order chi connectivity index (χ0) is 12.8. The minimum absolute atomic E-state index is 0.135. The number of ether oxygens (including phenoxy) is 1. The first-order valence-electron chi connectivity index (χ1n) is 6.98. The van der Waals surface area contributed by atoms with Crippen LogP contribution in [0.2, 0.25) is 0 Å². The second-order valence-electron chi connectivity index (χ2n) is 5.25. The molecule has 18 heavy (non-hydrogen) atoms. The van der Waals surface area contributed by atoms with Crippen LogP contribution in [0.1, 0.15) is 19.3 Å². The summed E-state index contributed by atoms with van der Waals surface area (Å²) in [7, 11) is 0. The maximum Gasteiger partial charge on any atom is 0.223 e. The molecular formula is C13H24N2O3. The van der Waals surface area contributed by atoms with Crippen molar-refractivity contribution in [2.45, 2.75) is 19.3 Å². The molecule has 0 radical (unpaired) electrons. The van der Waals surface area contributed by atoms with E-state index in [4.69, 9.17) is 9.84 Å². The third-order valence-electron chi connectivity index (χ3n) is 3.81. The van der Waals surface area contributed by atoms with Crippen molar-refractivity contribution >= 4 is 5.91 Å². The largest absolute Gasteiger partial charge is 0.396 e. The van der Waals surface area contributed by atoms with Crippen molar-refractivity contribution in [3.63, 3.8) is 0 Å². The van der Waals surface area contributed by atoms with Gasteiger partial charge in [-0.1, -0.05) is 0 Å². The number of aliphatic hydroxyl groups is 1. The van der Waals surface area contributed by atoms with Crippen molar-refractivity contribution in [3.05, 3.63) is 0 Å². The minimum atomic E-state index is 0.135. The summed E-state index contributed by atoms with van der Waals surface area (Å²) in [6.45, 7) is 6.60. The van der Waals surface area contributed by atoms with Crippen molar-refractivity contribution < 1.29 is 14.6 Å². The SMILES string of the molecule is O=C1CC(CO)CN1CCCCN1CCOCC1. The van der Waals surface area contributed by atoms with Crippen LogP contribution in [0.15, 0.2) is 0 Å². The fourth-order valence-corrected chi connectivity index (χ4v) is 2.66. The Hall–Kier alpha value is -0.650. The Labute approximate surface area is 109 Å². The topological polar surface area (TPSA) is 53.0 Å². The van der Waals surface area contributed by atoms with Crippen LogP contribution in [0.4, 0.5) is 0 Å². The van der Waals surface area contributed by atoms with Gasteiger partial charge in [-0.05, 0) is 19.4 Å². The Morgan fingerprint density at radius 3 is 2.61 bits per heavy atom. The van der Waals surface area contributed by atoms with Crippen molar-refractivity contribution in [1.29, 1.82) is 0 Å². The zero-order valence-corrected chi connectivity index (χ0v) is 11.0. The van der Waals surface area contributed by atoms with Crippen LogP contribution in [0.5, 0.6) is 0 Å². The van der Waals surface area contributed by atoms with Crippen LogP contribution >= 0.6 is 0 Å². The van der Waals surface area contributed by atoms with Gasteiger partial charge in [0.05, 0.1) is 13.2 Å². The minimum Gasteiger partial charge on any atom is -0.396 e. The molecule has 104 valence electrons. The summed E-state index contributed by atoms with van der Waals surface area (Å²) >= 11 is 0. The van der Waals surface area contributed by atoms with Gasteiger partial charge in [0, 0.05) is 45.1 Å². The number of unbranched alkanes of at least 4 members (excludes halogenated alkanes) is 1. The van der Waals surface area contributed by atoms with Gasteiger partial charge >= 0.3 is 0 Å². The number of carbonyl (C=O) groups excluding carboxylic acids is 1. The highest BCUT2D eigenvalue weighted by Gasteiger charge is 2.28. The van der Waals surface area contributed by atoms with Crippen molar-refractivity contribution in [2.75, 3.05) is 52.5 Å². The zero-order valence-electron chi connectivity index (χ0n) is 11.0. The standard InChI is InChI=1S/C13H24N2O3/c16-11-12-9-13(17)15(10-12)4-2-1-3-14-5-7-18-8-6-14/h12,16H,1-11H2. The van der Waals surface area contributed by atoms with Gasteiger partial charge in [-0.2, -0.15) is 0 Å². The first kappa shape index (κ1) is 13.8. The van der Waals surface area contributed by atoms with E-state index >= 15 is 0 Å². The maximum atomic E-state index is 11.6. The lowest BCUT2D eigenvalue weighted by atomic mass is 10.1. The van der Waals surface area contributed by atoms with E-state index in [1.165, 1.54) is 0 Å². The molecule has 5 heteroatoms. The Bertz CT molecular complexity index is 267. The van der Waals surface area contributed by atoms with E-state index in [1.807, 2.05) is 4.90 Å². The fourth-order valence-electron chi connectivity index (χ4n) is 2.66. The van der Waals surface area contributed by atoms with Crippen LogP contribution in [0.25, 0.3) is 0 Å². The molecule has 0 aromatic carbocycles. The highest BCUT2D eigenvalue weighted by Crippen LogP contribution is 2.17. The third-order valence-corrected chi connectivity index (χ3v) is 3.81. The average molecular weight is 256 g/mol. The molecule has 0 spiro atoms. The van der Waals surface area contributed by atoms with Crippen molar-refractivity contribution in [3.8, 4) is 0 Å². The molecule has 1 atom stereocenters. The molecule has 2 aliphatic rings. The number of morpholine rings is 1. The number of aliphatic hydroxyl groups excluding tert-OH is 1. The summed E-state index contributed by atoms with van der Waals surface area (Å²) in [5.74, 6) is 0.372. The molecule has 2 aliphatic heterocycles. The Balaban J connectivity index is 1.56. The molecule has 1 N–H and O–H groups in total. The van der Waals surface area contributed by atoms with Gasteiger partial charge in [0.2, 0.25) is 5.91 Å². The molecule has 0 aromatic rings. The molecule has 5 nitrogen and oxygen atoms in total. The molecule has 0 aromatic heterocycles. The number of likely N-dealkylation sites (tertiary alicyclic amines) is 1. The lowest BCUT2D eigenvalue weighted by molar-refractivity contribution is -0.127. The van der Waals surface area contributed by atoms with Gasteiger partial charge in [0.15, 0.2) is 0 Å². The molecule has 1 unspecified atom stereocenters. The molecule has 0 saturated carbocycles. The Kier molecular flexibility index (Phi) is 5.41. The Morgan fingerprint density at radius 2 is 1.94 bits per heavy atom. The monoisotopic (exact) mass is 256 g/mol. The van der Waals surface area contributed by atoms with Gasteiger partial charge in [0.1, 0.15) is 0 Å². The van der Waals surface area contributed by atoms with Crippen LogP contribution in [-0.4, -0.2) is 73.4 Å². The van der Waals surface area contributed by atoms with Crippen LogP contribution in [0, 0.1) is 5.92 Å². The summed E-state index contributed by atoms with van der Waals surface area (Å²) in [6, 6.07) is 0. The third kappa shape index (κ3) is 3.93. The molecule has 2 fully saturated rings. The molecule has 2 heterocycles. The fraction of sp³-hybridized carbons (Fsp3) is 0.923. The first-order valence-corrected chi connectivity index (χ1v) is 6.98. The van der Waals surface area contributed by atoms with Crippen molar-refractivity contribution in [2.24, 2.45) is 5.92 Å². The number of hydrogen-bond donors (Lipinski definition) is 1. The molecular weight excluding hydrogens is 232 g/mol. The predicted molar refractivity (Wildman–Crippen MR) is 68.3 cm³/mol. The average Bonchev–Trinajstić information content (AvgIpc) is 2.77. The van der Waals surface area contributed by atoms with Crippen LogP contribution in [0.3, 0.4) is 0 Å². The van der Waals surface area contributed by atoms with E-state index < -0.39 is 0 Å². The molecule has 1 amide bonds. The van der Waals surface area contributed by atoms with Gasteiger partial charge in [0.25, 0.3) is 0 Å². The molecule has 0 bridgehead atoms. The second-order valence-corrected chi connectivity index (χ2v) is 5.25. The summed E-state index contributed by atoms with van der Waals surface area (Å²) in [6.07, 6.45) is 2.72. The molecule has 2 rings (SSSR count). The van der Waals surface area contributed by atoms with Gasteiger partial charge in [-0.25, -0.2) is 0 Å². The summed E-state index contributed by atoms with van der Waals surface area (Å²) in [5.41, 5.74) is 0. The lowest BCUT2D eigenvalue weighted by Gasteiger charge is -2.26. The van der Waals surface area contributed by atoms with Gasteiger partial charge < -0.3 is 14.7 Å². The second kappa shape index (κ2) is 7.07. The quantitative estimate of drug-likeness (QED) is 0.677.